The van der Waals surface area contributed by atoms with Crippen molar-refractivity contribution in [1.82, 2.24) is 9.97 Å². The molecule has 170 valence electrons. The van der Waals surface area contributed by atoms with Gasteiger partial charge in [-0.25, -0.2) is 9.97 Å². The van der Waals surface area contributed by atoms with Crippen molar-refractivity contribution in [1.29, 1.82) is 0 Å². The van der Waals surface area contributed by atoms with Crippen molar-refractivity contribution in [3.63, 3.8) is 0 Å². The molecule has 1 aliphatic rings. The molecule has 0 spiro atoms. The summed E-state index contributed by atoms with van der Waals surface area (Å²) in [4.78, 5) is 25.7. The molecule has 1 fully saturated rings. The highest BCUT2D eigenvalue weighted by molar-refractivity contribution is 9.10. The van der Waals surface area contributed by atoms with E-state index >= 15 is 0 Å². The van der Waals surface area contributed by atoms with Gasteiger partial charge in [0.05, 0.1) is 17.7 Å². The second kappa shape index (κ2) is 10.8. The number of benzene rings is 2. The van der Waals surface area contributed by atoms with Gasteiger partial charge in [-0.1, -0.05) is 18.3 Å². The Morgan fingerprint density at radius 2 is 1.88 bits per heavy atom. The predicted octanol–water partition coefficient (Wildman–Crippen LogP) is 5.12. The van der Waals surface area contributed by atoms with Crippen molar-refractivity contribution in [3.8, 4) is 0 Å². The molecule has 0 unspecified atom stereocenters. The Kier molecular flexibility index (Phi) is 7.64. The van der Waals surface area contributed by atoms with E-state index in [-0.39, 0.29) is 5.91 Å². The van der Waals surface area contributed by atoms with E-state index < -0.39 is 0 Å². The lowest BCUT2D eigenvalue weighted by atomic mass is 10.2. The van der Waals surface area contributed by atoms with Crippen LogP contribution in [-0.2, 0) is 9.53 Å². The third kappa shape index (κ3) is 5.93. The molecule has 0 saturated carbocycles. The van der Waals surface area contributed by atoms with Crippen molar-refractivity contribution in [2.75, 3.05) is 48.5 Å². The number of nitrogens with one attached hydrogen (secondary N) is 1. The zero-order chi connectivity index (χ0) is 23.2. The highest BCUT2D eigenvalue weighted by atomic mass is 79.9. The second-order valence-corrected chi connectivity index (χ2v) is 9.23. The summed E-state index contributed by atoms with van der Waals surface area (Å²) >= 11 is 5.05. The molecule has 1 aromatic heterocycles. The van der Waals surface area contributed by atoms with Crippen molar-refractivity contribution in [2.24, 2.45) is 0 Å². The summed E-state index contributed by atoms with van der Waals surface area (Å²) in [6.07, 6.45) is 3.04. The number of amides is 1. The Bertz CT molecular complexity index is 1120. The Balaban J connectivity index is 1.43. The Labute approximate surface area is 206 Å². The zero-order valence-electron chi connectivity index (χ0n) is 18.2. The first-order valence-electron chi connectivity index (χ1n) is 10.4. The summed E-state index contributed by atoms with van der Waals surface area (Å²) in [6.45, 7) is 6.87. The minimum atomic E-state index is -0.150. The molecule has 1 N–H and O–H groups in total. The first-order chi connectivity index (χ1) is 16.0. The van der Waals surface area contributed by atoms with Crippen LogP contribution in [0, 0.1) is 0 Å². The number of nitrogens with zero attached hydrogens (tertiary/aromatic N) is 4. The zero-order valence-corrected chi connectivity index (χ0v) is 20.6. The summed E-state index contributed by atoms with van der Waals surface area (Å²) in [5.41, 5.74) is 2.90. The van der Waals surface area contributed by atoms with Crippen LogP contribution in [-0.4, -0.2) is 49.2 Å². The van der Waals surface area contributed by atoms with Gasteiger partial charge in [-0.2, -0.15) is 0 Å². The van der Waals surface area contributed by atoms with Crippen molar-refractivity contribution < 1.29 is 9.53 Å². The minimum Gasteiger partial charge on any atom is -0.378 e. The lowest BCUT2D eigenvalue weighted by Crippen LogP contribution is -2.36. The fourth-order valence-electron chi connectivity index (χ4n) is 3.30. The molecule has 9 heteroatoms. The smallest absolute Gasteiger partial charge is 0.250 e. The summed E-state index contributed by atoms with van der Waals surface area (Å²) < 4.78 is 6.23. The molecule has 33 heavy (non-hydrogen) atoms. The van der Waals surface area contributed by atoms with Crippen molar-refractivity contribution in [3.05, 3.63) is 71.9 Å². The van der Waals surface area contributed by atoms with E-state index in [1.165, 1.54) is 23.5 Å². The maximum atomic E-state index is 11.8. The third-order valence-corrected chi connectivity index (χ3v) is 7.01. The molecule has 2 aromatic carbocycles. The normalized spacial score (nSPS) is 13.5. The van der Waals surface area contributed by atoms with E-state index in [4.69, 9.17) is 4.74 Å². The molecular formula is C24H24BrN5O2S. The number of aromatic nitrogens is 2. The summed E-state index contributed by atoms with van der Waals surface area (Å²) in [5.74, 6) is 0.371. The SMILES string of the molecule is C=CC(=O)N(C)c1ccc(Sc2nc(Nc3ccc(N4CCOCC4)cc3)ncc2Br)cc1. The van der Waals surface area contributed by atoms with E-state index in [0.717, 1.165) is 52.1 Å². The topological polar surface area (TPSA) is 70.6 Å². The van der Waals surface area contributed by atoms with Gasteiger partial charge < -0.3 is 19.9 Å². The number of hydrogen-bond donors (Lipinski definition) is 1. The second-order valence-electron chi connectivity index (χ2n) is 7.32. The van der Waals surface area contributed by atoms with Gasteiger partial charge in [0.2, 0.25) is 11.9 Å². The molecule has 0 atom stereocenters. The van der Waals surface area contributed by atoms with Crippen LogP contribution in [0.25, 0.3) is 0 Å². The number of likely N-dealkylation sites (N-methyl/N-ethyl adjacent to an activating group) is 1. The van der Waals surface area contributed by atoms with E-state index in [2.05, 4.69) is 54.8 Å². The number of carbonyl (C=O) groups is 1. The summed E-state index contributed by atoms with van der Waals surface area (Å²) in [5, 5.41) is 4.07. The first-order valence-corrected chi connectivity index (χ1v) is 12.0. The minimum absolute atomic E-state index is 0.150. The van der Waals surface area contributed by atoms with Gasteiger partial charge in [-0.3, -0.25) is 4.79 Å². The number of halogens is 1. The van der Waals surface area contributed by atoms with Gasteiger partial charge in [0.15, 0.2) is 0 Å². The van der Waals surface area contributed by atoms with Gasteiger partial charge in [0.25, 0.3) is 0 Å². The van der Waals surface area contributed by atoms with Gasteiger partial charge in [-0.15, -0.1) is 0 Å². The number of anilines is 4. The monoisotopic (exact) mass is 525 g/mol. The molecule has 0 bridgehead atoms. The summed E-state index contributed by atoms with van der Waals surface area (Å²) in [6, 6.07) is 16.0. The van der Waals surface area contributed by atoms with Gasteiger partial charge >= 0.3 is 0 Å². The van der Waals surface area contributed by atoms with Crippen LogP contribution in [0.2, 0.25) is 0 Å². The Hall–Kier alpha value is -2.88. The molecule has 0 aliphatic carbocycles. The molecule has 2 heterocycles. The van der Waals surface area contributed by atoms with Crippen LogP contribution in [0.15, 0.2) is 81.8 Å². The average Bonchev–Trinajstić information content (AvgIpc) is 2.86. The highest BCUT2D eigenvalue weighted by Gasteiger charge is 2.12. The van der Waals surface area contributed by atoms with Crippen LogP contribution in [0.5, 0.6) is 0 Å². The molecule has 7 nitrogen and oxygen atoms in total. The van der Waals surface area contributed by atoms with Crippen LogP contribution >= 0.6 is 27.7 Å². The van der Waals surface area contributed by atoms with E-state index in [1.807, 2.05) is 36.4 Å². The van der Waals surface area contributed by atoms with Crippen molar-refractivity contribution >= 4 is 56.6 Å². The van der Waals surface area contributed by atoms with E-state index in [0.29, 0.717) is 5.95 Å². The Morgan fingerprint density at radius 3 is 2.55 bits per heavy atom. The maximum Gasteiger partial charge on any atom is 0.250 e. The van der Waals surface area contributed by atoms with E-state index in [9.17, 15) is 4.79 Å². The van der Waals surface area contributed by atoms with Crippen LogP contribution < -0.4 is 15.1 Å². The fraction of sp³-hybridized carbons (Fsp3) is 0.208. The molecule has 1 amide bonds. The van der Waals surface area contributed by atoms with Gasteiger partial charge in [-0.05, 0) is 70.5 Å². The number of carbonyl (C=O) groups excluding carboxylic acids is 1. The number of ether oxygens (including phenoxy) is 1. The predicted molar refractivity (Wildman–Crippen MR) is 137 cm³/mol. The van der Waals surface area contributed by atoms with Crippen LogP contribution in [0.3, 0.4) is 0 Å². The number of rotatable bonds is 7. The Morgan fingerprint density at radius 1 is 1.18 bits per heavy atom. The molecule has 1 aliphatic heterocycles. The lowest BCUT2D eigenvalue weighted by molar-refractivity contribution is -0.113. The standard InChI is InChI=1S/C24H24BrN5O2S/c1-3-22(31)29(2)18-8-10-20(11-9-18)33-23-21(25)16-26-24(28-23)27-17-4-6-19(7-5-17)30-12-14-32-15-13-30/h3-11,16H,1,12-15H2,2H3,(H,26,27,28). The largest absolute Gasteiger partial charge is 0.378 e. The van der Waals surface area contributed by atoms with Crippen LogP contribution in [0.4, 0.5) is 23.0 Å². The molecule has 0 radical (unpaired) electrons. The van der Waals surface area contributed by atoms with Crippen LogP contribution in [0.1, 0.15) is 0 Å². The summed E-state index contributed by atoms with van der Waals surface area (Å²) in [7, 11) is 1.72. The van der Waals surface area contributed by atoms with Gasteiger partial charge in [0.1, 0.15) is 5.03 Å². The quantitative estimate of drug-likeness (QED) is 0.339. The molecule has 3 aromatic rings. The maximum absolute atomic E-state index is 11.8. The first kappa shape index (κ1) is 23.3. The molecular weight excluding hydrogens is 502 g/mol. The third-order valence-electron chi connectivity index (χ3n) is 5.16. The number of morpholine rings is 1. The molecule has 1 saturated heterocycles. The highest BCUT2D eigenvalue weighted by Crippen LogP contribution is 2.33. The fourth-order valence-corrected chi connectivity index (χ4v) is 4.51. The molecule has 4 rings (SSSR count). The van der Waals surface area contributed by atoms with Crippen molar-refractivity contribution in [2.45, 2.75) is 9.92 Å². The number of hydrogen-bond acceptors (Lipinski definition) is 7. The average molecular weight is 526 g/mol. The lowest BCUT2D eigenvalue weighted by Gasteiger charge is -2.28. The van der Waals surface area contributed by atoms with E-state index in [1.54, 1.807) is 18.1 Å². The van der Waals surface area contributed by atoms with Gasteiger partial charge in [0, 0.05) is 48.3 Å².